The summed E-state index contributed by atoms with van der Waals surface area (Å²) in [5, 5.41) is 0.751. The average Bonchev–Trinajstić information content (AvgIpc) is 2.48. The van der Waals surface area contributed by atoms with E-state index < -0.39 is 0 Å². The lowest BCUT2D eigenvalue weighted by molar-refractivity contribution is 0.859. The molecule has 0 spiro atoms. The van der Waals surface area contributed by atoms with Crippen LogP contribution < -0.4 is 16.2 Å². The number of rotatable bonds is 5. The first-order valence-corrected chi connectivity index (χ1v) is 6.81. The SMILES string of the molecule is CCc1nc(NN)cc(N(C)Cc2ccccc2Cl)n1. The lowest BCUT2D eigenvalue weighted by Gasteiger charge is -2.20. The minimum absolute atomic E-state index is 0.609. The van der Waals surface area contributed by atoms with Crippen molar-refractivity contribution in [2.24, 2.45) is 5.84 Å². The highest BCUT2D eigenvalue weighted by molar-refractivity contribution is 6.31. The molecule has 0 bridgehead atoms. The quantitative estimate of drug-likeness (QED) is 0.655. The van der Waals surface area contributed by atoms with Crippen molar-refractivity contribution in [3.05, 3.63) is 46.7 Å². The van der Waals surface area contributed by atoms with Gasteiger partial charge in [-0.25, -0.2) is 15.8 Å². The molecule has 0 saturated carbocycles. The van der Waals surface area contributed by atoms with E-state index >= 15 is 0 Å². The summed E-state index contributed by atoms with van der Waals surface area (Å²) >= 11 is 6.18. The molecule has 2 aromatic rings. The summed E-state index contributed by atoms with van der Waals surface area (Å²) in [6.07, 6.45) is 0.752. The molecule has 1 aromatic heterocycles. The third kappa shape index (κ3) is 3.37. The number of nitrogens with one attached hydrogen (secondary N) is 1. The van der Waals surface area contributed by atoms with E-state index in [1.807, 2.05) is 49.2 Å². The van der Waals surface area contributed by atoms with E-state index in [0.29, 0.717) is 12.4 Å². The van der Waals surface area contributed by atoms with Gasteiger partial charge in [-0.05, 0) is 11.6 Å². The van der Waals surface area contributed by atoms with E-state index in [9.17, 15) is 0 Å². The Bertz CT molecular complexity index is 565. The molecule has 5 nitrogen and oxygen atoms in total. The first-order valence-electron chi connectivity index (χ1n) is 6.43. The number of hydrogen-bond acceptors (Lipinski definition) is 5. The molecule has 0 unspecified atom stereocenters. The predicted octanol–water partition coefficient (Wildman–Crippen LogP) is 2.61. The Morgan fingerprint density at radius 3 is 2.70 bits per heavy atom. The van der Waals surface area contributed by atoms with Crippen LogP contribution in [0.25, 0.3) is 0 Å². The van der Waals surface area contributed by atoms with E-state index in [4.69, 9.17) is 17.4 Å². The zero-order valence-electron chi connectivity index (χ0n) is 11.6. The fourth-order valence-electron chi connectivity index (χ4n) is 1.87. The van der Waals surface area contributed by atoms with Crippen LogP contribution in [0.3, 0.4) is 0 Å². The van der Waals surface area contributed by atoms with Crippen molar-refractivity contribution in [1.29, 1.82) is 0 Å². The van der Waals surface area contributed by atoms with Crippen molar-refractivity contribution in [3.63, 3.8) is 0 Å². The summed E-state index contributed by atoms with van der Waals surface area (Å²) in [4.78, 5) is 10.8. The molecule has 2 rings (SSSR count). The van der Waals surface area contributed by atoms with Gasteiger partial charge >= 0.3 is 0 Å². The Kier molecular flexibility index (Phi) is 4.76. The number of benzene rings is 1. The van der Waals surface area contributed by atoms with E-state index in [1.165, 1.54) is 0 Å². The number of halogens is 1. The fourth-order valence-corrected chi connectivity index (χ4v) is 2.07. The molecule has 1 heterocycles. The summed E-state index contributed by atoms with van der Waals surface area (Å²) < 4.78 is 0. The maximum atomic E-state index is 6.18. The van der Waals surface area contributed by atoms with Gasteiger partial charge in [0.05, 0.1) is 0 Å². The fraction of sp³-hybridized carbons (Fsp3) is 0.286. The minimum Gasteiger partial charge on any atom is -0.355 e. The van der Waals surface area contributed by atoms with Gasteiger partial charge in [-0.1, -0.05) is 36.7 Å². The summed E-state index contributed by atoms with van der Waals surface area (Å²) in [6.45, 7) is 2.68. The highest BCUT2D eigenvalue weighted by Gasteiger charge is 2.09. The number of aromatic nitrogens is 2. The zero-order valence-corrected chi connectivity index (χ0v) is 12.4. The molecular formula is C14H18ClN5. The number of aryl methyl sites for hydroxylation is 1. The topological polar surface area (TPSA) is 67.1 Å². The minimum atomic E-state index is 0.609. The number of anilines is 2. The Labute approximate surface area is 123 Å². The molecule has 20 heavy (non-hydrogen) atoms. The molecule has 0 aliphatic rings. The molecule has 106 valence electrons. The Morgan fingerprint density at radius 2 is 2.05 bits per heavy atom. The molecule has 0 aliphatic heterocycles. The number of hydrogen-bond donors (Lipinski definition) is 2. The van der Waals surface area contributed by atoms with Gasteiger partial charge in [0.15, 0.2) is 0 Å². The highest BCUT2D eigenvalue weighted by atomic mass is 35.5. The van der Waals surface area contributed by atoms with E-state index in [0.717, 1.165) is 28.6 Å². The van der Waals surface area contributed by atoms with E-state index in [1.54, 1.807) is 0 Å². The third-order valence-electron chi connectivity index (χ3n) is 2.98. The van der Waals surface area contributed by atoms with Gasteiger partial charge in [-0.15, -0.1) is 0 Å². The zero-order chi connectivity index (χ0) is 14.5. The smallest absolute Gasteiger partial charge is 0.145 e. The summed E-state index contributed by atoms with van der Waals surface area (Å²) in [6, 6.07) is 9.59. The van der Waals surface area contributed by atoms with Gasteiger partial charge < -0.3 is 10.3 Å². The van der Waals surface area contributed by atoms with E-state index in [-0.39, 0.29) is 0 Å². The van der Waals surface area contributed by atoms with Crippen LogP contribution >= 0.6 is 11.6 Å². The number of nitrogen functional groups attached to an aromatic ring is 1. The molecule has 3 N–H and O–H groups in total. The van der Waals surface area contributed by atoms with Gasteiger partial charge in [-0.2, -0.15) is 0 Å². The van der Waals surface area contributed by atoms with Crippen LogP contribution in [0.4, 0.5) is 11.6 Å². The van der Waals surface area contributed by atoms with Crippen molar-refractivity contribution in [2.45, 2.75) is 19.9 Å². The first-order chi connectivity index (χ1) is 9.63. The number of nitrogens with two attached hydrogens (primary N) is 1. The molecular weight excluding hydrogens is 274 g/mol. The maximum Gasteiger partial charge on any atom is 0.145 e. The van der Waals surface area contributed by atoms with Crippen molar-refractivity contribution >= 4 is 23.2 Å². The van der Waals surface area contributed by atoms with Gasteiger partial charge in [0.1, 0.15) is 17.5 Å². The van der Waals surface area contributed by atoms with Gasteiger partial charge in [-0.3, -0.25) is 0 Å². The second-order valence-electron chi connectivity index (χ2n) is 4.47. The molecule has 0 radical (unpaired) electrons. The van der Waals surface area contributed by atoms with Gasteiger partial charge in [0, 0.05) is 31.1 Å². The highest BCUT2D eigenvalue weighted by Crippen LogP contribution is 2.20. The Hall–Kier alpha value is -1.85. The lowest BCUT2D eigenvalue weighted by Crippen LogP contribution is -2.20. The largest absolute Gasteiger partial charge is 0.355 e. The summed E-state index contributed by atoms with van der Waals surface area (Å²) in [7, 11) is 1.96. The number of hydrazine groups is 1. The van der Waals surface area contributed by atoms with Crippen LogP contribution in [0, 0.1) is 0 Å². The van der Waals surface area contributed by atoms with Crippen LogP contribution in [0.1, 0.15) is 18.3 Å². The van der Waals surface area contributed by atoms with E-state index in [2.05, 4.69) is 15.4 Å². The van der Waals surface area contributed by atoms with Crippen LogP contribution in [-0.4, -0.2) is 17.0 Å². The van der Waals surface area contributed by atoms with Crippen molar-refractivity contribution in [1.82, 2.24) is 9.97 Å². The van der Waals surface area contributed by atoms with Crippen molar-refractivity contribution in [2.75, 3.05) is 17.4 Å². The normalized spacial score (nSPS) is 10.4. The van der Waals surface area contributed by atoms with Gasteiger partial charge in [0.25, 0.3) is 0 Å². The molecule has 0 atom stereocenters. The molecule has 6 heteroatoms. The Morgan fingerprint density at radius 1 is 1.30 bits per heavy atom. The predicted molar refractivity (Wildman–Crippen MR) is 82.8 cm³/mol. The molecule has 1 aromatic carbocycles. The standard InChI is InChI=1S/C14H18ClN5/c1-3-12-17-13(19-16)8-14(18-12)20(2)9-10-6-4-5-7-11(10)15/h4-8H,3,9,16H2,1-2H3,(H,17,18,19). The van der Waals surface area contributed by atoms with Gasteiger partial charge in [0.2, 0.25) is 0 Å². The molecule has 0 aliphatic carbocycles. The summed E-state index contributed by atoms with van der Waals surface area (Å²) in [5.41, 5.74) is 3.62. The second-order valence-corrected chi connectivity index (χ2v) is 4.88. The molecule has 0 amide bonds. The Balaban J connectivity index is 2.24. The van der Waals surface area contributed by atoms with Crippen molar-refractivity contribution in [3.8, 4) is 0 Å². The van der Waals surface area contributed by atoms with Crippen LogP contribution in [0.15, 0.2) is 30.3 Å². The lowest BCUT2D eigenvalue weighted by atomic mass is 10.2. The third-order valence-corrected chi connectivity index (χ3v) is 3.35. The van der Waals surface area contributed by atoms with Crippen LogP contribution in [-0.2, 0) is 13.0 Å². The second kappa shape index (κ2) is 6.54. The average molecular weight is 292 g/mol. The summed E-state index contributed by atoms with van der Waals surface area (Å²) in [5.74, 6) is 7.61. The van der Waals surface area contributed by atoms with Crippen LogP contribution in [0.5, 0.6) is 0 Å². The molecule has 0 saturated heterocycles. The maximum absolute atomic E-state index is 6.18. The monoisotopic (exact) mass is 291 g/mol. The number of nitrogens with zero attached hydrogens (tertiary/aromatic N) is 3. The molecule has 0 fully saturated rings. The first kappa shape index (κ1) is 14.6. The van der Waals surface area contributed by atoms with Crippen molar-refractivity contribution < 1.29 is 0 Å². The van der Waals surface area contributed by atoms with Crippen LogP contribution in [0.2, 0.25) is 5.02 Å².